The van der Waals surface area contributed by atoms with Crippen molar-refractivity contribution < 1.29 is 9.84 Å². The Hall–Kier alpha value is -1.16. The fourth-order valence-corrected chi connectivity index (χ4v) is 2.44. The second-order valence-electron chi connectivity index (χ2n) is 4.69. The lowest BCUT2D eigenvalue weighted by Gasteiger charge is -2.28. The zero-order valence-corrected chi connectivity index (χ0v) is 10.3. The predicted molar refractivity (Wildman–Crippen MR) is 64.6 cm³/mol. The number of hydrogen-bond acceptors (Lipinski definition) is 4. The molecule has 0 spiro atoms. The summed E-state index contributed by atoms with van der Waals surface area (Å²) in [5.41, 5.74) is 0.672. The number of hydrogen-bond donors (Lipinski definition) is 1. The molecule has 1 heterocycles. The van der Waals surface area contributed by atoms with E-state index in [4.69, 9.17) is 4.74 Å². The van der Waals surface area contributed by atoms with E-state index < -0.39 is 0 Å². The van der Waals surface area contributed by atoms with Crippen molar-refractivity contribution in [1.29, 1.82) is 0 Å². The second kappa shape index (κ2) is 5.96. The average Bonchev–Trinajstić information content (AvgIpc) is 2.39. The molecule has 1 saturated carbocycles. The third-order valence-corrected chi connectivity index (χ3v) is 3.51. The normalized spacial score (nSPS) is 24.6. The average molecular weight is 236 g/mol. The summed E-state index contributed by atoms with van der Waals surface area (Å²) >= 11 is 0. The molecule has 1 aliphatic carbocycles. The topological polar surface area (TPSA) is 55.2 Å². The second-order valence-corrected chi connectivity index (χ2v) is 4.69. The smallest absolute Gasteiger partial charge is 0.222 e. The van der Waals surface area contributed by atoms with Gasteiger partial charge >= 0.3 is 0 Å². The first kappa shape index (κ1) is 12.3. The zero-order chi connectivity index (χ0) is 12.1. The van der Waals surface area contributed by atoms with Crippen LogP contribution >= 0.6 is 0 Å². The van der Waals surface area contributed by atoms with Gasteiger partial charge in [0.2, 0.25) is 5.88 Å². The van der Waals surface area contributed by atoms with Gasteiger partial charge < -0.3 is 9.84 Å². The molecule has 94 valence electrons. The molecule has 1 aromatic heterocycles. The van der Waals surface area contributed by atoms with Crippen LogP contribution in [0.5, 0.6) is 5.88 Å². The van der Waals surface area contributed by atoms with Gasteiger partial charge in [-0.2, -0.15) is 0 Å². The van der Waals surface area contributed by atoms with Gasteiger partial charge in [-0.15, -0.1) is 0 Å². The Bertz CT molecular complexity index is 357. The van der Waals surface area contributed by atoms with Crippen LogP contribution in [0, 0.1) is 5.92 Å². The SMILES string of the molecule is CCC1CCCC(Oc2ncncc2CO)C1. The molecule has 4 nitrogen and oxygen atoms in total. The molecular weight excluding hydrogens is 216 g/mol. The highest BCUT2D eigenvalue weighted by molar-refractivity contribution is 5.21. The van der Waals surface area contributed by atoms with Crippen LogP contribution in [-0.4, -0.2) is 21.2 Å². The Balaban J connectivity index is 2.00. The maximum absolute atomic E-state index is 9.19. The Morgan fingerprint density at radius 3 is 3.12 bits per heavy atom. The Kier molecular flexibility index (Phi) is 4.31. The number of nitrogens with zero attached hydrogens (tertiary/aromatic N) is 2. The standard InChI is InChI=1S/C13H20N2O2/c1-2-10-4-3-5-12(6-10)17-13-11(8-16)7-14-9-15-13/h7,9-10,12,16H,2-6,8H2,1H3. The molecule has 1 fully saturated rings. The van der Waals surface area contributed by atoms with Crippen LogP contribution in [0.3, 0.4) is 0 Å². The van der Waals surface area contributed by atoms with Crippen LogP contribution in [0.25, 0.3) is 0 Å². The molecule has 0 saturated heterocycles. The van der Waals surface area contributed by atoms with Crippen molar-refractivity contribution in [3.8, 4) is 5.88 Å². The highest BCUT2D eigenvalue weighted by atomic mass is 16.5. The van der Waals surface area contributed by atoms with E-state index >= 15 is 0 Å². The van der Waals surface area contributed by atoms with Crippen molar-refractivity contribution in [3.63, 3.8) is 0 Å². The summed E-state index contributed by atoms with van der Waals surface area (Å²) in [5.74, 6) is 1.32. The van der Waals surface area contributed by atoms with Crippen molar-refractivity contribution in [3.05, 3.63) is 18.1 Å². The number of ether oxygens (including phenoxy) is 1. The summed E-state index contributed by atoms with van der Waals surface area (Å²) in [5, 5.41) is 9.19. The lowest BCUT2D eigenvalue weighted by atomic mass is 9.85. The van der Waals surface area contributed by atoms with E-state index in [0.717, 1.165) is 18.8 Å². The molecule has 17 heavy (non-hydrogen) atoms. The molecular formula is C13H20N2O2. The van der Waals surface area contributed by atoms with Crippen molar-refractivity contribution in [2.24, 2.45) is 5.92 Å². The number of aliphatic hydroxyl groups excluding tert-OH is 1. The van der Waals surface area contributed by atoms with Gasteiger partial charge in [-0.05, 0) is 25.2 Å². The van der Waals surface area contributed by atoms with Gasteiger partial charge in [0.05, 0.1) is 12.2 Å². The van der Waals surface area contributed by atoms with Crippen molar-refractivity contribution in [2.75, 3.05) is 0 Å². The fourth-order valence-electron chi connectivity index (χ4n) is 2.44. The lowest BCUT2D eigenvalue weighted by Crippen LogP contribution is -2.26. The Morgan fingerprint density at radius 1 is 1.47 bits per heavy atom. The molecule has 2 unspecified atom stereocenters. The maximum atomic E-state index is 9.19. The highest BCUT2D eigenvalue weighted by Crippen LogP contribution is 2.29. The summed E-state index contributed by atoms with van der Waals surface area (Å²) in [6, 6.07) is 0. The number of rotatable bonds is 4. The van der Waals surface area contributed by atoms with E-state index in [9.17, 15) is 5.11 Å². The Labute approximate surface area is 102 Å². The minimum Gasteiger partial charge on any atom is -0.474 e. The first-order chi connectivity index (χ1) is 8.33. The summed E-state index contributed by atoms with van der Waals surface area (Å²) in [6.45, 7) is 2.16. The lowest BCUT2D eigenvalue weighted by molar-refractivity contribution is 0.113. The first-order valence-electron chi connectivity index (χ1n) is 6.39. The molecule has 2 rings (SSSR count). The molecule has 1 aromatic rings. The van der Waals surface area contributed by atoms with Crippen LogP contribution in [-0.2, 0) is 6.61 Å². The van der Waals surface area contributed by atoms with Crippen molar-refractivity contribution in [1.82, 2.24) is 9.97 Å². The summed E-state index contributed by atoms with van der Waals surface area (Å²) in [4.78, 5) is 7.99. The summed E-state index contributed by atoms with van der Waals surface area (Å²) < 4.78 is 5.90. The van der Waals surface area contributed by atoms with E-state index in [0.29, 0.717) is 11.4 Å². The van der Waals surface area contributed by atoms with E-state index in [1.165, 1.54) is 25.6 Å². The van der Waals surface area contributed by atoms with Crippen LogP contribution in [0.1, 0.15) is 44.6 Å². The van der Waals surface area contributed by atoms with E-state index in [1.54, 1.807) is 6.20 Å². The summed E-state index contributed by atoms with van der Waals surface area (Å²) in [6.07, 6.45) is 9.27. The van der Waals surface area contributed by atoms with Gasteiger partial charge in [0.25, 0.3) is 0 Å². The quantitative estimate of drug-likeness (QED) is 0.871. The van der Waals surface area contributed by atoms with Gasteiger partial charge in [0.15, 0.2) is 0 Å². The number of aromatic nitrogens is 2. The molecule has 0 aliphatic heterocycles. The molecule has 0 aromatic carbocycles. The van der Waals surface area contributed by atoms with Crippen LogP contribution < -0.4 is 4.74 Å². The summed E-state index contributed by atoms with van der Waals surface area (Å²) in [7, 11) is 0. The fraction of sp³-hybridized carbons (Fsp3) is 0.692. The van der Waals surface area contributed by atoms with Gasteiger partial charge in [0, 0.05) is 6.20 Å². The van der Waals surface area contributed by atoms with E-state index in [1.807, 2.05) is 0 Å². The van der Waals surface area contributed by atoms with Crippen molar-refractivity contribution in [2.45, 2.75) is 51.7 Å². The molecule has 2 atom stereocenters. The minimum absolute atomic E-state index is 0.0693. The highest BCUT2D eigenvalue weighted by Gasteiger charge is 2.23. The van der Waals surface area contributed by atoms with E-state index in [2.05, 4.69) is 16.9 Å². The van der Waals surface area contributed by atoms with Crippen LogP contribution in [0.15, 0.2) is 12.5 Å². The van der Waals surface area contributed by atoms with Crippen LogP contribution in [0.2, 0.25) is 0 Å². The largest absolute Gasteiger partial charge is 0.474 e. The molecule has 4 heteroatoms. The van der Waals surface area contributed by atoms with Gasteiger partial charge in [-0.1, -0.05) is 19.8 Å². The maximum Gasteiger partial charge on any atom is 0.222 e. The molecule has 0 bridgehead atoms. The van der Waals surface area contributed by atoms with Crippen molar-refractivity contribution >= 4 is 0 Å². The third kappa shape index (κ3) is 3.16. The molecule has 0 radical (unpaired) electrons. The van der Waals surface area contributed by atoms with E-state index in [-0.39, 0.29) is 12.7 Å². The van der Waals surface area contributed by atoms with Gasteiger partial charge in [-0.25, -0.2) is 9.97 Å². The van der Waals surface area contributed by atoms with Crippen LogP contribution in [0.4, 0.5) is 0 Å². The monoisotopic (exact) mass is 236 g/mol. The molecule has 1 aliphatic rings. The first-order valence-corrected chi connectivity index (χ1v) is 6.39. The third-order valence-electron chi connectivity index (χ3n) is 3.51. The molecule has 1 N–H and O–H groups in total. The Morgan fingerprint density at radius 2 is 2.35 bits per heavy atom. The number of aliphatic hydroxyl groups is 1. The van der Waals surface area contributed by atoms with Gasteiger partial charge in [-0.3, -0.25) is 0 Å². The van der Waals surface area contributed by atoms with Gasteiger partial charge in [0.1, 0.15) is 12.4 Å². The molecule has 0 amide bonds. The predicted octanol–water partition coefficient (Wildman–Crippen LogP) is 2.32. The minimum atomic E-state index is -0.0693. The zero-order valence-electron chi connectivity index (χ0n) is 10.3.